The Balaban J connectivity index is 1.65. The summed E-state index contributed by atoms with van der Waals surface area (Å²) < 4.78 is 14.8. The molecule has 1 heterocycles. The van der Waals surface area contributed by atoms with Crippen molar-refractivity contribution in [2.75, 3.05) is 5.32 Å². The van der Waals surface area contributed by atoms with Crippen LogP contribution in [-0.2, 0) is 11.3 Å². The molecule has 0 saturated carbocycles. The van der Waals surface area contributed by atoms with Gasteiger partial charge in [0.25, 0.3) is 5.56 Å². The Morgan fingerprint density at radius 1 is 0.929 bits per heavy atom. The van der Waals surface area contributed by atoms with E-state index in [9.17, 15) is 14.0 Å². The van der Waals surface area contributed by atoms with Crippen molar-refractivity contribution in [3.05, 3.63) is 95.0 Å². The maximum Gasteiger partial charge on any atom is 0.267 e. The van der Waals surface area contributed by atoms with Gasteiger partial charge in [-0.15, -0.1) is 0 Å². The third-order valence-electron chi connectivity index (χ3n) is 4.37. The van der Waals surface area contributed by atoms with Crippen molar-refractivity contribution in [3.8, 4) is 11.3 Å². The van der Waals surface area contributed by atoms with Gasteiger partial charge in [-0.1, -0.05) is 54.6 Å². The van der Waals surface area contributed by atoms with Gasteiger partial charge in [0.2, 0.25) is 5.91 Å². The summed E-state index contributed by atoms with van der Waals surface area (Å²) in [6.45, 7) is -0.314. The molecule has 0 unspecified atom stereocenters. The molecule has 5 nitrogen and oxygen atoms in total. The minimum atomic E-state index is -0.541. The molecular weight excluding hydrogens is 357 g/mol. The van der Waals surface area contributed by atoms with Gasteiger partial charge in [0, 0.05) is 11.6 Å². The molecule has 4 aromatic rings. The second-order valence-corrected chi connectivity index (χ2v) is 6.27. The van der Waals surface area contributed by atoms with E-state index in [-0.39, 0.29) is 12.2 Å². The molecule has 3 aromatic carbocycles. The summed E-state index contributed by atoms with van der Waals surface area (Å²) in [5, 5.41) is 8.86. The number of nitrogens with zero attached hydrogens (tertiary/aromatic N) is 2. The molecule has 1 N–H and O–H groups in total. The molecule has 28 heavy (non-hydrogen) atoms. The largest absolute Gasteiger partial charge is 0.322 e. The summed E-state index contributed by atoms with van der Waals surface area (Å²) in [6.07, 6.45) is 0. The molecule has 0 aliphatic heterocycles. The van der Waals surface area contributed by atoms with Gasteiger partial charge in [-0.25, -0.2) is 9.07 Å². The SMILES string of the molecule is O=C(Cn1nc(-c2cccc3ccccc23)ccc1=O)Nc1ccccc1F. The fraction of sp³-hybridized carbons (Fsp3) is 0.0455. The first-order valence-electron chi connectivity index (χ1n) is 8.72. The monoisotopic (exact) mass is 373 g/mol. The van der Waals surface area contributed by atoms with Gasteiger partial charge in [-0.05, 0) is 29.0 Å². The van der Waals surface area contributed by atoms with Crippen LogP contribution in [0.1, 0.15) is 0 Å². The summed E-state index contributed by atoms with van der Waals surface area (Å²) >= 11 is 0. The van der Waals surface area contributed by atoms with Crippen LogP contribution < -0.4 is 10.9 Å². The molecule has 0 fully saturated rings. The molecule has 0 aliphatic carbocycles. The molecular formula is C22H16FN3O2. The number of fused-ring (bicyclic) bond motifs is 1. The number of carbonyl (C=O) groups is 1. The van der Waals surface area contributed by atoms with Crippen molar-refractivity contribution in [3.63, 3.8) is 0 Å². The lowest BCUT2D eigenvalue weighted by Gasteiger charge is -2.10. The van der Waals surface area contributed by atoms with Crippen molar-refractivity contribution in [2.45, 2.75) is 6.54 Å². The van der Waals surface area contributed by atoms with E-state index in [0.717, 1.165) is 21.0 Å². The fourth-order valence-electron chi connectivity index (χ4n) is 3.04. The van der Waals surface area contributed by atoms with Crippen LogP contribution in [0.15, 0.2) is 83.7 Å². The normalized spacial score (nSPS) is 10.8. The highest BCUT2D eigenvalue weighted by molar-refractivity contribution is 5.95. The van der Waals surface area contributed by atoms with Crippen molar-refractivity contribution in [1.29, 1.82) is 0 Å². The lowest BCUT2D eigenvalue weighted by atomic mass is 10.0. The number of amides is 1. The van der Waals surface area contributed by atoms with Crippen molar-refractivity contribution >= 4 is 22.4 Å². The number of hydrogen-bond acceptors (Lipinski definition) is 3. The molecule has 0 radical (unpaired) electrons. The Kier molecular flexibility index (Phi) is 4.68. The fourth-order valence-corrected chi connectivity index (χ4v) is 3.04. The molecule has 4 rings (SSSR count). The molecule has 1 amide bonds. The number of para-hydroxylation sites is 1. The Labute approximate surface area is 160 Å². The third kappa shape index (κ3) is 3.53. The van der Waals surface area contributed by atoms with Crippen LogP contribution in [0.2, 0.25) is 0 Å². The van der Waals surface area contributed by atoms with E-state index in [2.05, 4.69) is 10.4 Å². The van der Waals surface area contributed by atoms with E-state index in [1.54, 1.807) is 12.1 Å². The van der Waals surface area contributed by atoms with E-state index in [1.807, 2.05) is 42.5 Å². The van der Waals surface area contributed by atoms with E-state index >= 15 is 0 Å². The van der Waals surface area contributed by atoms with Crippen LogP contribution in [0.25, 0.3) is 22.0 Å². The molecule has 0 aliphatic rings. The first-order chi connectivity index (χ1) is 13.6. The predicted molar refractivity (Wildman–Crippen MR) is 106 cm³/mol. The number of anilines is 1. The highest BCUT2D eigenvalue weighted by Gasteiger charge is 2.11. The molecule has 0 spiro atoms. The quantitative estimate of drug-likeness (QED) is 0.591. The zero-order chi connectivity index (χ0) is 19.5. The van der Waals surface area contributed by atoms with Crippen LogP contribution in [0.3, 0.4) is 0 Å². The molecule has 6 heteroatoms. The molecule has 1 aromatic heterocycles. The molecule has 0 atom stereocenters. The third-order valence-corrected chi connectivity index (χ3v) is 4.37. The number of rotatable bonds is 4. The predicted octanol–water partition coefficient (Wildman–Crippen LogP) is 3.84. The van der Waals surface area contributed by atoms with E-state index in [1.165, 1.54) is 24.3 Å². The van der Waals surface area contributed by atoms with E-state index < -0.39 is 17.3 Å². The summed E-state index contributed by atoms with van der Waals surface area (Å²) in [6, 6.07) is 22.6. The molecule has 0 bridgehead atoms. The lowest BCUT2D eigenvalue weighted by molar-refractivity contribution is -0.117. The number of aromatic nitrogens is 2. The smallest absolute Gasteiger partial charge is 0.267 e. The summed E-state index contributed by atoms with van der Waals surface area (Å²) in [7, 11) is 0. The van der Waals surface area contributed by atoms with Crippen molar-refractivity contribution in [2.24, 2.45) is 0 Å². The summed E-state index contributed by atoms with van der Waals surface area (Å²) in [4.78, 5) is 24.4. The number of benzene rings is 3. The van der Waals surface area contributed by atoms with Crippen LogP contribution in [0.4, 0.5) is 10.1 Å². The number of carbonyl (C=O) groups excluding carboxylic acids is 1. The Morgan fingerprint density at radius 3 is 2.54 bits per heavy atom. The van der Waals surface area contributed by atoms with Gasteiger partial charge in [0.05, 0.1) is 11.4 Å². The average Bonchev–Trinajstić information content (AvgIpc) is 2.71. The summed E-state index contributed by atoms with van der Waals surface area (Å²) in [5.41, 5.74) is 1.09. The van der Waals surface area contributed by atoms with Gasteiger partial charge in [-0.2, -0.15) is 5.10 Å². The van der Waals surface area contributed by atoms with Gasteiger partial charge in [0.1, 0.15) is 12.4 Å². The Hall–Kier alpha value is -3.80. The zero-order valence-corrected chi connectivity index (χ0v) is 14.8. The van der Waals surface area contributed by atoms with Gasteiger partial charge in [-0.3, -0.25) is 9.59 Å². The minimum Gasteiger partial charge on any atom is -0.322 e. The summed E-state index contributed by atoms with van der Waals surface area (Å²) in [5.74, 6) is -1.07. The first kappa shape index (κ1) is 17.6. The van der Waals surface area contributed by atoms with Crippen LogP contribution in [0, 0.1) is 5.82 Å². The topological polar surface area (TPSA) is 64.0 Å². The second-order valence-electron chi connectivity index (χ2n) is 6.27. The van der Waals surface area contributed by atoms with Crippen LogP contribution in [-0.4, -0.2) is 15.7 Å². The lowest BCUT2D eigenvalue weighted by Crippen LogP contribution is -2.29. The molecule has 138 valence electrons. The Morgan fingerprint density at radius 2 is 1.68 bits per heavy atom. The maximum atomic E-state index is 13.7. The maximum absolute atomic E-state index is 13.7. The number of hydrogen-bond donors (Lipinski definition) is 1. The first-order valence-corrected chi connectivity index (χ1v) is 8.72. The standard InChI is InChI=1S/C22H16FN3O2/c23-18-10-3-4-11-20(18)24-21(27)14-26-22(28)13-12-19(25-26)17-9-5-7-15-6-1-2-8-16(15)17/h1-13H,14H2,(H,24,27). The van der Waals surface area contributed by atoms with Gasteiger partial charge >= 0.3 is 0 Å². The van der Waals surface area contributed by atoms with Crippen LogP contribution in [0.5, 0.6) is 0 Å². The van der Waals surface area contributed by atoms with E-state index in [0.29, 0.717) is 5.69 Å². The van der Waals surface area contributed by atoms with Crippen molar-refractivity contribution < 1.29 is 9.18 Å². The molecule has 0 saturated heterocycles. The zero-order valence-electron chi connectivity index (χ0n) is 14.8. The van der Waals surface area contributed by atoms with Crippen LogP contribution >= 0.6 is 0 Å². The second kappa shape index (κ2) is 7.44. The minimum absolute atomic E-state index is 0.0609. The number of halogens is 1. The van der Waals surface area contributed by atoms with Crippen molar-refractivity contribution in [1.82, 2.24) is 9.78 Å². The Bertz CT molecular complexity index is 1230. The number of nitrogens with one attached hydrogen (secondary N) is 1. The highest BCUT2D eigenvalue weighted by atomic mass is 19.1. The van der Waals surface area contributed by atoms with Gasteiger partial charge < -0.3 is 5.32 Å². The van der Waals surface area contributed by atoms with E-state index in [4.69, 9.17) is 0 Å². The highest BCUT2D eigenvalue weighted by Crippen LogP contribution is 2.26. The van der Waals surface area contributed by atoms with Gasteiger partial charge in [0.15, 0.2) is 0 Å². The average molecular weight is 373 g/mol.